The first kappa shape index (κ1) is 16.6. The van der Waals surface area contributed by atoms with Crippen LogP contribution in [0.5, 0.6) is 0 Å². The molecule has 0 unspecified atom stereocenters. The minimum absolute atomic E-state index is 0.0189. The number of allylic oxidation sites excluding steroid dienone is 3. The van der Waals surface area contributed by atoms with Gasteiger partial charge < -0.3 is 9.32 Å². The number of carbonyl (C=O) groups is 2. The molecule has 0 spiro atoms. The summed E-state index contributed by atoms with van der Waals surface area (Å²) in [6.07, 6.45) is 2.66. The molecule has 0 aliphatic heterocycles. The number of halogens is 1. The van der Waals surface area contributed by atoms with Crippen molar-refractivity contribution in [3.63, 3.8) is 0 Å². The molecule has 0 radical (unpaired) electrons. The fraction of sp³-hybridized carbons (Fsp3) is 0.105. The largest absolute Gasteiger partial charge is 0.438 e. The highest BCUT2D eigenvalue weighted by molar-refractivity contribution is 6.52. The molecule has 0 saturated heterocycles. The summed E-state index contributed by atoms with van der Waals surface area (Å²) >= 11 is 0. The Kier molecular flexibility index (Phi) is 4.19. The number of fused-ring (bicyclic) bond motifs is 3. The molecule has 0 N–H and O–H groups in total. The van der Waals surface area contributed by atoms with Crippen LogP contribution in [0.25, 0.3) is 11.3 Å². The highest BCUT2D eigenvalue weighted by Gasteiger charge is 2.35. The van der Waals surface area contributed by atoms with Crippen molar-refractivity contribution in [2.75, 3.05) is 7.05 Å². The summed E-state index contributed by atoms with van der Waals surface area (Å²) in [4.78, 5) is 30.2. The number of Topliss-reactive ketones (excluding diaryl/α,β-unsaturated/α-hetero) is 2. The first-order valence-electron chi connectivity index (χ1n) is 7.49. The van der Waals surface area contributed by atoms with E-state index in [1.54, 1.807) is 36.2 Å². The van der Waals surface area contributed by atoms with Crippen LogP contribution in [0, 0.1) is 0 Å². The highest BCUT2D eigenvalue weighted by Crippen LogP contribution is 2.34. The van der Waals surface area contributed by atoms with Gasteiger partial charge in [-0.1, -0.05) is 37.4 Å². The second kappa shape index (κ2) is 6.32. The zero-order valence-corrected chi connectivity index (χ0v) is 13.6. The Morgan fingerprint density at radius 2 is 1.88 bits per heavy atom. The Balaban J connectivity index is 1.90. The van der Waals surface area contributed by atoms with Gasteiger partial charge in [0.2, 0.25) is 11.7 Å². The summed E-state index contributed by atoms with van der Waals surface area (Å²) in [6, 6.07) is 6.75. The Hall–Kier alpha value is -3.28. The predicted molar refractivity (Wildman–Crippen MR) is 90.6 cm³/mol. The second-order valence-corrected chi connectivity index (χ2v) is 5.62. The lowest BCUT2D eigenvalue weighted by atomic mass is 9.91. The Bertz CT molecular complexity index is 940. The van der Waals surface area contributed by atoms with Gasteiger partial charge in [-0.25, -0.2) is 9.37 Å². The van der Waals surface area contributed by atoms with Gasteiger partial charge in [0.1, 0.15) is 5.83 Å². The summed E-state index contributed by atoms with van der Waals surface area (Å²) in [5.74, 6) is -1.30. The van der Waals surface area contributed by atoms with Crippen LogP contribution < -0.4 is 0 Å². The van der Waals surface area contributed by atoms with Gasteiger partial charge in [0, 0.05) is 23.9 Å². The molecule has 5 nitrogen and oxygen atoms in total. The SMILES string of the molecule is C=C(F)/C=C\C(=C)N(C)Cc1nc2c(o1)-c1ccccc1C(=O)C2=O. The number of ketones is 2. The van der Waals surface area contributed by atoms with E-state index in [9.17, 15) is 14.0 Å². The van der Waals surface area contributed by atoms with Gasteiger partial charge in [0.25, 0.3) is 5.78 Å². The molecule has 1 heterocycles. The van der Waals surface area contributed by atoms with E-state index in [4.69, 9.17) is 4.42 Å². The fourth-order valence-electron chi connectivity index (χ4n) is 2.50. The molecule has 2 aromatic rings. The molecule has 6 heteroatoms. The molecular formula is C19H15FN2O3. The highest BCUT2D eigenvalue weighted by atomic mass is 19.1. The van der Waals surface area contributed by atoms with Crippen LogP contribution >= 0.6 is 0 Å². The van der Waals surface area contributed by atoms with E-state index < -0.39 is 17.4 Å². The van der Waals surface area contributed by atoms with Crippen LogP contribution in [-0.4, -0.2) is 28.5 Å². The van der Waals surface area contributed by atoms with Crippen molar-refractivity contribution in [3.8, 4) is 11.3 Å². The monoisotopic (exact) mass is 338 g/mol. The molecule has 1 aliphatic carbocycles. The normalized spacial score (nSPS) is 12.9. The van der Waals surface area contributed by atoms with Gasteiger partial charge in [0.15, 0.2) is 11.5 Å². The number of carbonyl (C=O) groups excluding carboxylic acids is 2. The lowest BCUT2D eigenvalue weighted by molar-refractivity contribution is 0.0812. The third-order valence-corrected chi connectivity index (χ3v) is 3.83. The number of benzene rings is 1. The van der Waals surface area contributed by atoms with Crippen LogP contribution in [0.3, 0.4) is 0 Å². The number of aromatic nitrogens is 1. The average Bonchev–Trinajstić information content (AvgIpc) is 3.01. The van der Waals surface area contributed by atoms with Crippen LogP contribution in [-0.2, 0) is 6.54 Å². The molecule has 126 valence electrons. The maximum Gasteiger partial charge on any atom is 0.255 e. The summed E-state index contributed by atoms with van der Waals surface area (Å²) in [5, 5.41) is 0. The lowest BCUT2D eigenvalue weighted by Gasteiger charge is -2.16. The molecular weight excluding hydrogens is 323 g/mol. The van der Waals surface area contributed by atoms with Gasteiger partial charge in [-0.3, -0.25) is 9.59 Å². The lowest BCUT2D eigenvalue weighted by Crippen LogP contribution is -2.21. The van der Waals surface area contributed by atoms with Crippen molar-refractivity contribution < 1.29 is 18.4 Å². The molecule has 0 atom stereocenters. The van der Waals surface area contributed by atoms with E-state index in [-0.39, 0.29) is 18.1 Å². The van der Waals surface area contributed by atoms with Crippen molar-refractivity contribution in [2.45, 2.75) is 6.54 Å². The summed E-state index contributed by atoms with van der Waals surface area (Å²) in [5.41, 5.74) is 1.39. The van der Waals surface area contributed by atoms with Crippen molar-refractivity contribution in [1.29, 1.82) is 0 Å². The molecule has 1 aliphatic rings. The van der Waals surface area contributed by atoms with Gasteiger partial charge >= 0.3 is 0 Å². The molecule has 0 bridgehead atoms. The third kappa shape index (κ3) is 3.06. The fourth-order valence-corrected chi connectivity index (χ4v) is 2.50. The molecule has 0 fully saturated rings. The number of rotatable bonds is 5. The van der Waals surface area contributed by atoms with E-state index in [0.29, 0.717) is 22.6 Å². The number of oxazole rings is 1. The van der Waals surface area contributed by atoms with Crippen LogP contribution in [0.2, 0.25) is 0 Å². The predicted octanol–water partition coefficient (Wildman–Crippen LogP) is 3.71. The van der Waals surface area contributed by atoms with E-state index in [2.05, 4.69) is 18.1 Å². The first-order valence-corrected chi connectivity index (χ1v) is 7.49. The number of nitrogens with zero attached hydrogens (tertiary/aromatic N) is 2. The summed E-state index contributed by atoms with van der Waals surface area (Å²) in [7, 11) is 1.72. The first-order chi connectivity index (χ1) is 11.9. The Morgan fingerprint density at radius 1 is 1.20 bits per heavy atom. The Morgan fingerprint density at radius 3 is 2.56 bits per heavy atom. The zero-order valence-electron chi connectivity index (χ0n) is 13.6. The molecule has 1 aromatic heterocycles. The number of hydrogen-bond acceptors (Lipinski definition) is 5. The van der Waals surface area contributed by atoms with Crippen molar-refractivity contribution in [2.24, 2.45) is 0 Å². The quantitative estimate of drug-likeness (QED) is 0.614. The average molecular weight is 338 g/mol. The number of hydrogen-bond donors (Lipinski definition) is 0. The third-order valence-electron chi connectivity index (χ3n) is 3.83. The van der Waals surface area contributed by atoms with E-state index in [1.165, 1.54) is 12.2 Å². The summed E-state index contributed by atoms with van der Waals surface area (Å²) < 4.78 is 18.4. The summed E-state index contributed by atoms with van der Waals surface area (Å²) in [6.45, 7) is 7.15. The maximum absolute atomic E-state index is 12.7. The van der Waals surface area contributed by atoms with E-state index in [0.717, 1.165) is 0 Å². The van der Waals surface area contributed by atoms with Crippen molar-refractivity contribution in [1.82, 2.24) is 9.88 Å². The topological polar surface area (TPSA) is 63.4 Å². The van der Waals surface area contributed by atoms with Gasteiger partial charge in [0.05, 0.1) is 6.54 Å². The van der Waals surface area contributed by atoms with E-state index in [1.807, 2.05) is 0 Å². The molecule has 0 saturated carbocycles. The standard InChI is InChI=1S/C19H15FN2O3/c1-11(20)8-9-12(2)22(3)10-15-21-16-18(24)17(23)13-6-4-5-7-14(13)19(16)25-15/h4-9H,1-2,10H2,3H3/b9-8-. The van der Waals surface area contributed by atoms with E-state index >= 15 is 0 Å². The van der Waals surface area contributed by atoms with Crippen LogP contribution in [0.4, 0.5) is 4.39 Å². The maximum atomic E-state index is 12.7. The Labute approximate surface area is 143 Å². The van der Waals surface area contributed by atoms with Gasteiger partial charge in [-0.05, 0) is 12.2 Å². The van der Waals surface area contributed by atoms with Crippen LogP contribution in [0.15, 0.2) is 65.5 Å². The van der Waals surface area contributed by atoms with Crippen LogP contribution in [0.1, 0.15) is 26.7 Å². The zero-order chi connectivity index (χ0) is 18.1. The van der Waals surface area contributed by atoms with Crippen molar-refractivity contribution in [3.05, 3.63) is 78.2 Å². The molecule has 25 heavy (non-hydrogen) atoms. The van der Waals surface area contributed by atoms with Gasteiger partial charge in [-0.2, -0.15) is 0 Å². The molecule has 3 rings (SSSR count). The minimum atomic E-state index is -0.682. The minimum Gasteiger partial charge on any atom is -0.438 e. The van der Waals surface area contributed by atoms with Crippen molar-refractivity contribution >= 4 is 11.6 Å². The molecule has 1 aromatic carbocycles. The second-order valence-electron chi connectivity index (χ2n) is 5.62. The number of likely N-dealkylation sites (N-methyl/N-ethyl adjacent to an activating group) is 1. The molecule has 0 amide bonds. The van der Waals surface area contributed by atoms with Gasteiger partial charge in [-0.15, -0.1) is 0 Å². The smallest absolute Gasteiger partial charge is 0.255 e.